The number of nitriles is 1. The first-order chi connectivity index (χ1) is 15.7. The van der Waals surface area contributed by atoms with Gasteiger partial charge in [-0.3, -0.25) is 20.4 Å². The molecule has 10 heteroatoms. The third kappa shape index (κ3) is 5.87. The largest absolute Gasteiger partial charge is 0.455 e. The highest BCUT2D eigenvalue weighted by Gasteiger charge is 2.28. The van der Waals surface area contributed by atoms with Gasteiger partial charge in [-0.15, -0.1) is 0 Å². The number of aryl methyl sites for hydroxylation is 1. The van der Waals surface area contributed by atoms with E-state index in [1.807, 2.05) is 6.07 Å². The molecule has 0 aliphatic carbocycles. The third-order valence-corrected chi connectivity index (χ3v) is 4.70. The van der Waals surface area contributed by atoms with Crippen molar-refractivity contribution in [2.24, 2.45) is 0 Å². The average Bonchev–Trinajstić information content (AvgIpc) is 2.81. The Balaban J connectivity index is 1.69. The molecule has 0 fully saturated rings. The number of hydrogen-bond acceptors (Lipinski definition) is 8. The van der Waals surface area contributed by atoms with Crippen LogP contribution in [0.25, 0.3) is 11.3 Å². The Morgan fingerprint density at radius 1 is 1.12 bits per heavy atom. The van der Waals surface area contributed by atoms with E-state index in [-0.39, 0.29) is 5.82 Å². The summed E-state index contributed by atoms with van der Waals surface area (Å²) in [5.41, 5.74) is 1.08. The van der Waals surface area contributed by atoms with E-state index in [4.69, 9.17) is 14.7 Å². The summed E-state index contributed by atoms with van der Waals surface area (Å²) in [6.45, 7) is 4.82. The summed E-state index contributed by atoms with van der Waals surface area (Å²) in [5, 5.41) is 13.6. The quantitative estimate of drug-likeness (QED) is 0.586. The number of anilines is 1. The molecule has 3 aromatic rings. The number of methoxy groups -OCH3 is 1. The summed E-state index contributed by atoms with van der Waals surface area (Å²) in [7, 11) is 1.38. The minimum atomic E-state index is -1.14. The molecular formula is C23H22N6O4. The average molecular weight is 446 g/mol. The molecule has 3 rings (SSSR count). The Morgan fingerprint density at radius 3 is 2.55 bits per heavy atom. The number of pyridine rings is 3. The van der Waals surface area contributed by atoms with Crippen molar-refractivity contribution in [2.45, 2.75) is 26.4 Å². The fraction of sp³-hybridized carbons (Fsp3) is 0.217. The van der Waals surface area contributed by atoms with Gasteiger partial charge in [-0.25, -0.2) is 14.8 Å². The molecule has 0 aliphatic rings. The Labute approximate surface area is 190 Å². The van der Waals surface area contributed by atoms with Gasteiger partial charge in [0.25, 0.3) is 5.91 Å². The summed E-state index contributed by atoms with van der Waals surface area (Å²) in [5.74, 6) is 0.678. The van der Waals surface area contributed by atoms with Crippen molar-refractivity contribution in [3.8, 4) is 28.8 Å². The summed E-state index contributed by atoms with van der Waals surface area (Å²) < 4.78 is 11.0. The number of carbonyl (C=O) groups excluding carboxylic acids is 2. The van der Waals surface area contributed by atoms with Crippen molar-refractivity contribution < 1.29 is 19.1 Å². The maximum absolute atomic E-state index is 12.1. The summed E-state index contributed by atoms with van der Waals surface area (Å²) in [6.07, 6.45) is 3.17. The molecule has 3 aromatic heterocycles. The number of carbonyl (C=O) groups is 2. The molecule has 0 bridgehead atoms. The molecular weight excluding hydrogens is 424 g/mol. The molecule has 0 aliphatic heterocycles. The van der Waals surface area contributed by atoms with E-state index in [9.17, 15) is 9.59 Å². The second-order valence-corrected chi connectivity index (χ2v) is 7.43. The van der Waals surface area contributed by atoms with Crippen LogP contribution >= 0.6 is 0 Å². The molecule has 0 radical (unpaired) electrons. The SMILES string of the molecule is COC(C)(C)C(=O)NC(=O)Nc1ccc(Oc2ccnc(-c3ccc(C#N)nc3)c2)c(C)n1. The number of amides is 3. The van der Waals surface area contributed by atoms with E-state index in [0.717, 1.165) is 5.56 Å². The third-order valence-electron chi connectivity index (χ3n) is 4.70. The lowest BCUT2D eigenvalue weighted by molar-refractivity contribution is -0.138. The molecule has 33 heavy (non-hydrogen) atoms. The predicted molar refractivity (Wildman–Crippen MR) is 119 cm³/mol. The van der Waals surface area contributed by atoms with Gasteiger partial charge in [-0.05, 0) is 51.1 Å². The predicted octanol–water partition coefficient (Wildman–Crippen LogP) is 3.58. The molecule has 0 spiro atoms. The smallest absolute Gasteiger partial charge is 0.327 e. The van der Waals surface area contributed by atoms with Crippen LogP contribution in [0.4, 0.5) is 10.6 Å². The number of ether oxygens (including phenoxy) is 2. The molecule has 0 saturated heterocycles. The Bertz CT molecular complexity index is 1220. The van der Waals surface area contributed by atoms with E-state index in [1.165, 1.54) is 7.11 Å². The van der Waals surface area contributed by atoms with Crippen LogP contribution in [0.5, 0.6) is 11.5 Å². The Kier molecular flexibility index (Phi) is 6.95. The highest BCUT2D eigenvalue weighted by Crippen LogP contribution is 2.28. The van der Waals surface area contributed by atoms with Crippen LogP contribution in [0.2, 0.25) is 0 Å². The summed E-state index contributed by atoms with van der Waals surface area (Å²) >= 11 is 0. The number of imide groups is 1. The van der Waals surface area contributed by atoms with E-state index < -0.39 is 17.5 Å². The molecule has 0 aromatic carbocycles. The van der Waals surface area contributed by atoms with E-state index >= 15 is 0 Å². The van der Waals surface area contributed by atoms with Crippen LogP contribution in [0, 0.1) is 18.3 Å². The topological polar surface area (TPSA) is 139 Å². The van der Waals surface area contributed by atoms with Crippen molar-refractivity contribution in [3.63, 3.8) is 0 Å². The van der Waals surface area contributed by atoms with Gasteiger partial charge in [0, 0.05) is 31.1 Å². The molecule has 3 heterocycles. The molecule has 0 saturated carbocycles. The van der Waals surface area contributed by atoms with Crippen LogP contribution in [0.1, 0.15) is 25.2 Å². The number of nitrogens with zero attached hydrogens (tertiary/aromatic N) is 4. The maximum atomic E-state index is 12.1. The number of aromatic nitrogens is 3. The van der Waals surface area contributed by atoms with E-state index in [0.29, 0.717) is 28.6 Å². The van der Waals surface area contributed by atoms with Gasteiger partial charge in [-0.1, -0.05) is 0 Å². The number of rotatable bonds is 6. The number of urea groups is 1. The van der Waals surface area contributed by atoms with Gasteiger partial charge in [0.15, 0.2) is 0 Å². The van der Waals surface area contributed by atoms with E-state index in [1.54, 1.807) is 69.6 Å². The zero-order valence-electron chi connectivity index (χ0n) is 18.5. The van der Waals surface area contributed by atoms with Crippen LogP contribution in [-0.4, -0.2) is 39.6 Å². The van der Waals surface area contributed by atoms with Crippen molar-refractivity contribution >= 4 is 17.8 Å². The molecule has 0 atom stereocenters. The highest BCUT2D eigenvalue weighted by molar-refractivity contribution is 6.03. The molecule has 10 nitrogen and oxygen atoms in total. The second-order valence-electron chi connectivity index (χ2n) is 7.43. The summed E-state index contributed by atoms with van der Waals surface area (Å²) in [4.78, 5) is 36.8. The molecule has 3 amide bonds. The van der Waals surface area contributed by atoms with Gasteiger partial charge >= 0.3 is 6.03 Å². The summed E-state index contributed by atoms with van der Waals surface area (Å²) in [6, 6.07) is 11.3. The van der Waals surface area contributed by atoms with Gasteiger partial charge in [0.1, 0.15) is 34.7 Å². The monoisotopic (exact) mass is 446 g/mol. The van der Waals surface area contributed by atoms with Crippen LogP contribution < -0.4 is 15.4 Å². The lowest BCUT2D eigenvalue weighted by Gasteiger charge is -2.21. The number of nitrogens with one attached hydrogen (secondary N) is 2. The Hall–Kier alpha value is -4.36. The van der Waals surface area contributed by atoms with Crippen molar-refractivity contribution in [1.29, 1.82) is 5.26 Å². The van der Waals surface area contributed by atoms with Crippen LogP contribution in [-0.2, 0) is 9.53 Å². The zero-order valence-corrected chi connectivity index (χ0v) is 18.5. The fourth-order valence-corrected chi connectivity index (χ4v) is 2.59. The standard InChI is InChI=1S/C23H22N6O4/c1-14-19(7-8-20(27-14)28-22(31)29-21(30)23(2,3)32-4)33-17-9-10-25-18(11-17)15-5-6-16(12-24)26-13-15/h5-11,13H,1-4H3,(H2,27,28,29,30,31). The fourth-order valence-electron chi connectivity index (χ4n) is 2.59. The van der Waals surface area contributed by atoms with Gasteiger partial charge in [0.05, 0.1) is 11.4 Å². The van der Waals surface area contributed by atoms with Gasteiger partial charge in [-0.2, -0.15) is 5.26 Å². The normalized spacial score (nSPS) is 10.8. The Morgan fingerprint density at radius 2 is 1.91 bits per heavy atom. The first kappa shape index (κ1) is 23.3. The zero-order chi connectivity index (χ0) is 24.0. The van der Waals surface area contributed by atoms with Crippen LogP contribution in [0.3, 0.4) is 0 Å². The molecule has 0 unspecified atom stereocenters. The van der Waals surface area contributed by atoms with Gasteiger partial charge < -0.3 is 9.47 Å². The highest BCUT2D eigenvalue weighted by atomic mass is 16.5. The van der Waals surface area contributed by atoms with Gasteiger partial charge in [0.2, 0.25) is 0 Å². The maximum Gasteiger partial charge on any atom is 0.327 e. The first-order valence-corrected chi connectivity index (χ1v) is 9.87. The minimum absolute atomic E-state index is 0.249. The lowest BCUT2D eigenvalue weighted by atomic mass is 10.1. The lowest BCUT2D eigenvalue weighted by Crippen LogP contribution is -2.47. The van der Waals surface area contributed by atoms with Crippen molar-refractivity contribution in [2.75, 3.05) is 12.4 Å². The van der Waals surface area contributed by atoms with Crippen molar-refractivity contribution in [3.05, 3.63) is 60.2 Å². The van der Waals surface area contributed by atoms with Crippen molar-refractivity contribution in [1.82, 2.24) is 20.3 Å². The molecule has 168 valence electrons. The second kappa shape index (κ2) is 9.84. The van der Waals surface area contributed by atoms with E-state index in [2.05, 4.69) is 25.6 Å². The van der Waals surface area contributed by atoms with Crippen LogP contribution in [0.15, 0.2) is 48.8 Å². The minimum Gasteiger partial charge on any atom is -0.455 e. The molecule has 2 N–H and O–H groups in total. The number of hydrogen-bond donors (Lipinski definition) is 2. The first-order valence-electron chi connectivity index (χ1n) is 9.87.